The molecule has 2 atom stereocenters. The number of alkyl halides is 3. The zero-order valence-corrected chi connectivity index (χ0v) is 20.9. The molecule has 0 amide bonds. The molecule has 0 spiro atoms. The van der Waals surface area contributed by atoms with Crippen LogP contribution in [0, 0.1) is 17.6 Å². The zero-order chi connectivity index (χ0) is 27.6. The minimum absolute atomic E-state index is 0.00574. The molecular weight excluding hydrogens is 537 g/mol. The quantitative estimate of drug-likeness (QED) is 0.172. The van der Waals surface area contributed by atoms with Crippen LogP contribution in [0.4, 0.5) is 22.0 Å². The molecule has 0 N–H and O–H groups in total. The summed E-state index contributed by atoms with van der Waals surface area (Å²) >= 11 is 1.44. The number of thiophene rings is 1. The summed E-state index contributed by atoms with van der Waals surface area (Å²) in [7, 11) is 0. The molecule has 0 aliphatic carbocycles. The second-order valence-electron chi connectivity index (χ2n) is 8.81. The Kier molecular flexibility index (Phi) is 7.47. The largest absolute Gasteiger partial charge is 0.573 e. The third kappa shape index (κ3) is 6.17. The lowest BCUT2D eigenvalue weighted by Gasteiger charge is -2.17. The van der Waals surface area contributed by atoms with E-state index in [-0.39, 0.29) is 30.1 Å². The highest BCUT2D eigenvalue weighted by Gasteiger charge is 2.39. The predicted molar refractivity (Wildman–Crippen MR) is 136 cm³/mol. The van der Waals surface area contributed by atoms with Crippen LogP contribution in [0.25, 0.3) is 11.1 Å². The first-order valence-electron chi connectivity index (χ1n) is 11.8. The fraction of sp³-hybridized carbons (Fsp3) is 0.172. The van der Waals surface area contributed by atoms with Gasteiger partial charge in [-0.1, -0.05) is 48.5 Å². The number of halogens is 5. The fourth-order valence-electron chi connectivity index (χ4n) is 4.46. The predicted octanol–water partition coefficient (Wildman–Crippen LogP) is 7.89. The Morgan fingerprint density at radius 3 is 2.13 bits per heavy atom. The van der Waals surface area contributed by atoms with Gasteiger partial charge in [-0.2, -0.15) is 0 Å². The monoisotopic (exact) mass is 557 g/mol. The first-order valence-corrected chi connectivity index (χ1v) is 12.7. The van der Waals surface area contributed by atoms with E-state index in [4.69, 9.17) is 4.74 Å². The third-order valence-corrected chi connectivity index (χ3v) is 7.10. The molecule has 0 unspecified atom stereocenters. The van der Waals surface area contributed by atoms with E-state index in [1.54, 1.807) is 24.3 Å². The molecule has 4 nitrogen and oxygen atoms in total. The Balaban J connectivity index is 1.41. The van der Waals surface area contributed by atoms with E-state index >= 15 is 0 Å². The van der Waals surface area contributed by atoms with Gasteiger partial charge in [0.1, 0.15) is 24.0 Å². The van der Waals surface area contributed by atoms with E-state index in [1.807, 2.05) is 17.5 Å². The second kappa shape index (κ2) is 11.0. The van der Waals surface area contributed by atoms with E-state index in [9.17, 15) is 26.7 Å². The number of esters is 1. The van der Waals surface area contributed by atoms with Gasteiger partial charge in [-0.3, -0.25) is 9.79 Å². The minimum atomic E-state index is -4.78. The van der Waals surface area contributed by atoms with E-state index < -0.39 is 35.9 Å². The van der Waals surface area contributed by atoms with Gasteiger partial charge in [0, 0.05) is 17.0 Å². The molecule has 1 aromatic heterocycles. The van der Waals surface area contributed by atoms with E-state index in [0.29, 0.717) is 16.7 Å². The van der Waals surface area contributed by atoms with Crippen LogP contribution >= 0.6 is 11.3 Å². The summed E-state index contributed by atoms with van der Waals surface area (Å²) in [6.45, 7) is 0.0795. The normalized spacial score (nSPS) is 17.1. The summed E-state index contributed by atoms with van der Waals surface area (Å²) in [5, 5.41) is 1.86. The van der Waals surface area contributed by atoms with Gasteiger partial charge in [-0.25, -0.2) is 8.78 Å². The molecule has 1 aliphatic rings. The lowest BCUT2D eigenvalue weighted by molar-refractivity contribution is -0.274. The van der Waals surface area contributed by atoms with Gasteiger partial charge in [-0.05, 0) is 52.4 Å². The van der Waals surface area contributed by atoms with E-state index in [0.717, 1.165) is 17.0 Å². The molecule has 3 aromatic carbocycles. The van der Waals surface area contributed by atoms with Crippen molar-refractivity contribution in [3.8, 4) is 16.9 Å². The molecule has 0 saturated carbocycles. The Morgan fingerprint density at radius 2 is 1.54 bits per heavy atom. The van der Waals surface area contributed by atoms with Crippen LogP contribution in [0.1, 0.15) is 28.5 Å². The van der Waals surface area contributed by atoms with Gasteiger partial charge >= 0.3 is 12.3 Å². The summed E-state index contributed by atoms with van der Waals surface area (Å²) in [5.74, 6) is -3.21. The molecule has 5 rings (SSSR count). The number of rotatable bonds is 7. The van der Waals surface area contributed by atoms with Crippen molar-refractivity contribution in [3.05, 3.63) is 112 Å². The fourth-order valence-corrected chi connectivity index (χ4v) is 5.07. The maximum Gasteiger partial charge on any atom is 0.573 e. The average Bonchev–Trinajstić information content (AvgIpc) is 3.58. The van der Waals surface area contributed by atoms with Gasteiger partial charge in [0.2, 0.25) is 0 Å². The van der Waals surface area contributed by atoms with Crippen molar-refractivity contribution in [2.45, 2.75) is 25.4 Å². The number of ether oxygens (including phenoxy) is 2. The van der Waals surface area contributed by atoms with Gasteiger partial charge in [0.25, 0.3) is 0 Å². The summed E-state index contributed by atoms with van der Waals surface area (Å²) in [6, 6.07) is 18.8. The SMILES string of the molecule is O=C(OCc1cccs1)[C@H]1CC(c2c(F)cccc2F)=N[C@H]1c1ccc(-c2ccc(OC(F)(F)F)cc2)cc1. The molecule has 200 valence electrons. The van der Waals surface area contributed by atoms with Crippen LogP contribution in [0.15, 0.2) is 89.2 Å². The van der Waals surface area contributed by atoms with Crippen LogP contribution in [0.3, 0.4) is 0 Å². The Labute approximate surface area is 224 Å². The van der Waals surface area contributed by atoms with Crippen molar-refractivity contribution in [2.24, 2.45) is 10.9 Å². The number of hydrogen-bond acceptors (Lipinski definition) is 5. The molecule has 10 heteroatoms. The lowest BCUT2D eigenvalue weighted by Crippen LogP contribution is -2.21. The van der Waals surface area contributed by atoms with Crippen LogP contribution in [-0.2, 0) is 16.1 Å². The first-order chi connectivity index (χ1) is 18.7. The number of carbonyl (C=O) groups excluding carboxylic acids is 1. The van der Waals surface area contributed by atoms with E-state index in [1.165, 1.54) is 41.7 Å². The second-order valence-corrected chi connectivity index (χ2v) is 9.84. The summed E-state index contributed by atoms with van der Waals surface area (Å²) in [6.07, 6.45) is -4.79. The van der Waals surface area contributed by atoms with Crippen LogP contribution in [0.5, 0.6) is 5.75 Å². The zero-order valence-electron chi connectivity index (χ0n) is 20.1. The Hall–Kier alpha value is -4.05. The van der Waals surface area contributed by atoms with Crippen molar-refractivity contribution >= 4 is 23.0 Å². The van der Waals surface area contributed by atoms with E-state index in [2.05, 4.69) is 9.73 Å². The number of hydrogen-bond donors (Lipinski definition) is 0. The summed E-state index contributed by atoms with van der Waals surface area (Å²) in [5.41, 5.74) is 1.84. The number of nitrogens with zero attached hydrogens (tertiary/aromatic N) is 1. The minimum Gasteiger partial charge on any atom is -0.460 e. The molecule has 1 aliphatic heterocycles. The van der Waals surface area contributed by atoms with Crippen LogP contribution in [-0.4, -0.2) is 18.0 Å². The topological polar surface area (TPSA) is 47.9 Å². The van der Waals surface area contributed by atoms with Crippen LogP contribution < -0.4 is 4.74 Å². The highest BCUT2D eigenvalue weighted by molar-refractivity contribution is 7.09. The third-order valence-electron chi connectivity index (χ3n) is 6.25. The van der Waals surface area contributed by atoms with Crippen molar-refractivity contribution in [1.29, 1.82) is 0 Å². The van der Waals surface area contributed by atoms with Gasteiger partial charge in [0.15, 0.2) is 0 Å². The molecule has 0 fully saturated rings. The highest BCUT2D eigenvalue weighted by atomic mass is 32.1. The van der Waals surface area contributed by atoms with Gasteiger partial charge in [0.05, 0.1) is 17.5 Å². The molecule has 0 saturated heterocycles. The molecule has 0 bridgehead atoms. The highest BCUT2D eigenvalue weighted by Crippen LogP contribution is 2.39. The van der Waals surface area contributed by atoms with Crippen molar-refractivity contribution < 1.29 is 36.2 Å². The number of carbonyl (C=O) groups is 1. The van der Waals surface area contributed by atoms with Crippen molar-refractivity contribution in [1.82, 2.24) is 0 Å². The van der Waals surface area contributed by atoms with Crippen molar-refractivity contribution in [2.75, 3.05) is 0 Å². The maximum atomic E-state index is 14.5. The summed E-state index contributed by atoms with van der Waals surface area (Å²) in [4.78, 5) is 18.5. The van der Waals surface area contributed by atoms with Gasteiger partial charge in [-0.15, -0.1) is 24.5 Å². The smallest absolute Gasteiger partial charge is 0.460 e. The Bertz CT molecular complexity index is 1460. The Morgan fingerprint density at radius 1 is 0.897 bits per heavy atom. The molecule has 4 aromatic rings. The molecule has 0 radical (unpaired) electrons. The average molecular weight is 558 g/mol. The van der Waals surface area contributed by atoms with Crippen LogP contribution in [0.2, 0.25) is 0 Å². The molecule has 2 heterocycles. The number of benzene rings is 3. The lowest BCUT2D eigenvalue weighted by atomic mass is 9.90. The first kappa shape index (κ1) is 26.6. The summed E-state index contributed by atoms with van der Waals surface area (Å²) < 4.78 is 75.8. The van der Waals surface area contributed by atoms with Gasteiger partial charge < -0.3 is 9.47 Å². The number of aliphatic imine (C=N–C) groups is 1. The van der Waals surface area contributed by atoms with Crippen molar-refractivity contribution in [3.63, 3.8) is 0 Å². The molecular formula is C29H20F5NO3S. The standard InChI is InChI=1S/C29H20F5NO3S/c30-23-4-1-5-24(31)26(23)25-15-22(28(36)37-16-21-3-2-14-39-21)27(35-25)19-8-6-17(7-9-19)18-10-12-20(13-11-18)38-29(32,33)34/h1-14,22,27H,15-16H2/t22-,27-/m0/s1. The molecule has 39 heavy (non-hydrogen) atoms. The maximum absolute atomic E-state index is 14.5.